The lowest BCUT2D eigenvalue weighted by molar-refractivity contribution is -0.137. The summed E-state index contributed by atoms with van der Waals surface area (Å²) in [6.45, 7) is 3.76. The molecule has 0 aliphatic rings. The third kappa shape index (κ3) is 3.91. The lowest BCUT2D eigenvalue weighted by Gasteiger charge is -2.20. The molecule has 23 heavy (non-hydrogen) atoms. The number of carbonyl (C=O) groups excluding carboxylic acids is 1. The molecule has 2 rings (SSSR count). The van der Waals surface area contributed by atoms with E-state index < -0.39 is 23.7 Å². The number of amides is 1. The second-order valence-electron chi connectivity index (χ2n) is 5.27. The first-order chi connectivity index (χ1) is 10.9. The monoisotopic (exact) mass is 316 g/mol. The van der Waals surface area contributed by atoms with Crippen LogP contribution in [0.4, 0.5) is 4.39 Å². The molecule has 0 saturated carbocycles. The zero-order valence-electron chi connectivity index (χ0n) is 12.8. The van der Waals surface area contributed by atoms with E-state index in [2.05, 4.69) is 10.3 Å². The van der Waals surface area contributed by atoms with Gasteiger partial charge in [-0.15, -0.1) is 0 Å². The van der Waals surface area contributed by atoms with E-state index in [4.69, 9.17) is 5.11 Å². The van der Waals surface area contributed by atoms with E-state index in [1.165, 1.54) is 12.3 Å². The second kappa shape index (κ2) is 7.00. The van der Waals surface area contributed by atoms with Gasteiger partial charge in [-0.2, -0.15) is 0 Å². The number of carbonyl (C=O) groups is 2. The lowest BCUT2D eigenvalue weighted by Crippen LogP contribution is -2.31. The first kappa shape index (κ1) is 16.6. The van der Waals surface area contributed by atoms with Gasteiger partial charge in [-0.3, -0.25) is 14.6 Å². The molecule has 2 N–H and O–H groups in total. The van der Waals surface area contributed by atoms with Crippen molar-refractivity contribution < 1.29 is 19.1 Å². The van der Waals surface area contributed by atoms with Crippen molar-refractivity contribution in [3.05, 3.63) is 64.7 Å². The van der Waals surface area contributed by atoms with Crippen LogP contribution < -0.4 is 5.32 Å². The summed E-state index contributed by atoms with van der Waals surface area (Å²) in [6.07, 6.45) is 1.96. The van der Waals surface area contributed by atoms with Crippen molar-refractivity contribution in [1.82, 2.24) is 10.3 Å². The summed E-state index contributed by atoms with van der Waals surface area (Å²) in [6, 6.07) is 5.98. The zero-order valence-corrected chi connectivity index (χ0v) is 12.8. The first-order valence-electron chi connectivity index (χ1n) is 7.08. The number of carboxylic acids is 1. The van der Waals surface area contributed by atoms with Crippen LogP contribution in [0.25, 0.3) is 0 Å². The Balaban J connectivity index is 2.33. The molecule has 2 aromatic rings. The van der Waals surface area contributed by atoms with Crippen LogP contribution in [0.1, 0.15) is 39.5 Å². The minimum absolute atomic E-state index is 0.166. The van der Waals surface area contributed by atoms with Gasteiger partial charge < -0.3 is 10.4 Å². The van der Waals surface area contributed by atoms with Crippen LogP contribution in [0, 0.1) is 19.7 Å². The van der Waals surface area contributed by atoms with Crippen molar-refractivity contribution in [3.63, 3.8) is 0 Å². The average Bonchev–Trinajstić information content (AvgIpc) is 2.49. The second-order valence-corrected chi connectivity index (χ2v) is 5.27. The average molecular weight is 316 g/mol. The maximum atomic E-state index is 13.7. The van der Waals surface area contributed by atoms with Gasteiger partial charge in [-0.1, -0.05) is 18.2 Å². The number of aromatic nitrogens is 1. The van der Waals surface area contributed by atoms with Gasteiger partial charge in [0.05, 0.1) is 24.2 Å². The standard InChI is InChI=1S/C17H17FN2O3/c1-10-4-3-5-12(11(10)2)15(8-16(21)22)20-17(23)13-6-7-19-9-14(13)18/h3-7,9,15H,8H2,1-2H3,(H,20,23)(H,21,22). The number of pyridine rings is 1. The van der Waals surface area contributed by atoms with Gasteiger partial charge in [0.25, 0.3) is 5.91 Å². The number of carboxylic acid groups (broad SMARTS) is 1. The van der Waals surface area contributed by atoms with Gasteiger partial charge in [0.15, 0.2) is 5.82 Å². The van der Waals surface area contributed by atoms with Gasteiger partial charge in [0, 0.05) is 6.20 Å². The molecule has 5 nitrogen and oxygen atoms in total. The highest BCUT2D eigenvalue weighted by molar-refractivity contribution is 5.94. The summed E-state index contributed by atoms with van der Waals surface area (Å²) in [5.74, 6) is -2.47. The van der Waals surface area contributed by atoms with Crippen LogP contribution in [-0.4, -0.2) is 22.0 Å². The molecule has 0 radical (unpaired) electrons. The summed E-state index contributed by atoms with van der Waals surface area (Å²) >= 11 is 0. The summed E-state index contributed by atoms with van der Waals surface area (Å²) in [7, 11) is 0. The van der Waals surface area contributed by atoms with Crippen molar-refractivity contribution in [2.45, 2.75) is 26.3 Å². The molecule has 1 unspecified atom stereocenters. The minimum Gasteiger partial charge on any atom is -0.481 e. The molecule has 1 aromatic heterocycles. The summed E-state index contributed by atoms with van der Waals surface area (Å²) < 4.78 is 13.7. The summed E-state index contributed by atoms with van der Waals surface area (Å²) in [5, 5.41) is 11.7. The number of aryl methyl sites for hydroxylation is 1. The molecule has 1 heterocycles. The first-order valence-corrected chi connectivity index (χ1v) is 7.08. The van der Waals surface area contributed by atoms with E-state index in [0.29, 0.717) is 5.56 Å². The van der Waals surface area contributed by atoms with Crippen molar-refractivity contribution in [3.8, 4) is 0 Å². The van der Waals surface area contributed by atoms with Crippen molar-refractivity contribution in [1.29, 1.82) is 0 Å². The molecule has 0 spiro atoms. The van der Waals surface area contributed by atoms with Crippen LogP contribution in [0.2, 0.25) is 0 Å². The predicted molar refractivity (Wildman–Crippen MR) is 82.6 cm³/mol. The molecular formula is C17H17FN2O3. The predicted octanol–water partition coefficient (Wildman–Crippen LogP) is 2.78. The highest BCUT2D eigenvalue weighted by Gasteiger charge is 2.22. The Morgan fingerprint density at radius 3 is 2.70 bits per heavy atom. The zero-order chi connectivity index (χ0) is 17.0. The normalized spacial score (nSPS) is 11.8. The van der Waals surface area contributed by atoms with Crippen LogP contribution in [0.5, 0.6) is 0 Å². The Kier molecular flexibility index (Phi) is 5.05. The number of nitrogens with zero attached hydrogens (tertiary/aromatic N) is 1. The fraction of sp³-hybridized carbons (Fsp3) is 0.235. The topological polar surface area (TPSA) is 79.3 Å². The van der Waals surface area contributed by atoms with E-state index in [1.807, 2.05) is 19.9 Å². The number of aliphatic carboxylic acids is 1. The molecule has 0 aliphatic carbocycles. The largest absolute Gasteiger partial charge is 0.481 e. The number of hydrogen-bond donors (Lipinski definition) is 2. The Morgan fingerprint density at radius 1 is 1.30 bits per heavy atom. The van der Waals surface area contributed by atoms with Gasteiger partial charge in [-0.25, -0.2) is 4.39 Å². The van der Waals surface area contributed by atoms with Crippen molar-refractivity contribution in [2.75, 3.05) is 0 Å². The smallest absolute Gasteiger partial charge is 0.305 e. The third-order valence-corrected chi connectivity index (χ3v) is 3.72. The Hall–Kier alpha value is -2.76. The number of hydrogen-bond acceptors (Lipinski definition) is 3. The van der Waals surface area contributed by atoms with E-state index in [9.17, 15) is 14.0 Å². The molecule has 0 fully saturated rings. The number of benzene rings is 1. The molecular weight excluding hydrogens is 299 g/mol. The van der Waals surface area contributed by atoms with E-state index in [0.717, 1.165) is 17.3 Å². The fourth-order valence-corrected chi connectivity index (χ4v) is 2.36. The van der Waals surface area contributed by atoms with Crippen LogP contribution >= 0.6 is 0 Å². The van der Waals surface area contributed by atoms with Gasteiger partial charge in [0.2, 0.25) is 0 Å². The number of nitrogens with one attached hydrogen (secondary N) is 1. The Morgan fingerprint density at radius 2 is 2.04 bits per heavy atom. The molecule has 0 saturated heterocycles. The van der Waals surface area contributed by atoms with E-state index >= 15 is 0 Å². The minimum atomic E-state index is -1.05. The Labute approximate surface area is 133 Å². The Bertz CT molecular complexity index is 746. The van der Waals surface area contributed by atoms with Crippen LogP contribution in [0.3, 0.4) is 0 Å². The maximum Gasteiger partial charge on any atom is 0.305 e. The molecule has 6 heteroatoms. The molecule has 1 amide bonds. The number of rotatable bonds is 5. The van der Waals surface area contributed by atoms with Gasteiger partial charge in [-0.05, 0) is 36.6 Å². The van der Waals surface area contributed by atoms with Gasteiger partial charge >= 0.3 is 5.97 Å². The van der Waals surface area contributed by atoms with Gasteiger partial charge in [0.1, 0.15) is 0 Å². The lowest BCUT2D eigenvalue weighted by atomic mass is 9.95. The van der Waals surface area contributed by atoms with Crippen LogP contribution in [0.15, 0.2) is 36.7 Å². The highest BCUT2D eigenvalue weighted by atomic mass is 19.1. The van der Waals surface area contributed by atoms with E-state index in [1.54, 1.807) is 12.1 Å². The van der Waals surface area contributed by atoms with Crippen LogP contribution in [-0.2, 0) is 4.79 Å². The highest BCUT2D eigenvalue weighted by Crippen LogP contribution is 2.24. The molecule has 120 valence electrons. The summed E-state index contributed by atoms with van der Waals surface area (Å²) in [5.41, 5.74) is 2.42. The molecule has 1 atom stereocenters. The van der Waals surface area contributed by atoms with E-state index in [-0.39, 0.29) is 12.0 Å². The van der Waals surface area contributed by atoms with Crippen molar-refractivity contribution >= 4 is 11.9 Å². The maximum absolute atomic E-state index is 13.7. The van der Waals surface area contributed by atoms with Crippen molar-refractivity contribution in [2.24, 2.45) is 0 Å². The molecule has 0 bridgehead atoms. The quantitative estimate of drug-likeness (QED) is 0.889. The fourth-order valence-electron chi connectivity index (χ4n) is 2.36. The number of halogens is 1. The molecule has 1 aromatic carbocycles. The molecule has 0 aliphatic heterocycles. The SMILES string of the molecule is Cc1cccc(C(CC(=O)O)NC(=O)c2ccncc2F)c1C. The third-order valence-electron chi connectivity index (χ3n) is 3.72. The summed E-state index contributed by atoms with van der Waals surface area (Å²) in [4.78, 5) is 27.0.